The number of Topliss-reactive ketones (excluding diaryl/α,β-unsaturated/α-hetero) is 1. The number of aliphatic hydroxyl groups excluding tert-OH is 2. The van der Waals surface area contributed by atoms with Crippen molar-refractivity contribution < 1.29 is 29.3 Å². The van der Waals surface area contributed by atoms with Crippen molar-refractivity contribution in [2.75, 3.05) is 0 Å². The summed E-state index contributed by atoms with van der Waals surface area (Å²) in [5, 5.41) is 25.3. The molecule has 2 aliphatic rings. The average molecular weight is 566 g/mol. The minimum atomic E-state index is -1.32. The molecule has 0 saturated carbocycles. The van der Waals surface area contributed by atoms with E-state index in [4.69, 9.17) is 27.5 Å². The van der Waals surface area contributed by atoms with Crippen LogP contribution in [-0.2, 0) is 19.1 Å². The molecule has 2 aliphatic heterocycles. The summed E-state index contributed by atoms with van der Waals surface area (Å²) < 4.78 is 11.8. The summed E-state index contributed by atoms with van der Waals surface area (Å²) in [5.74, 6) is 0.660. The van der Waals surface area contributed by atoms with Crippen molar-refractivity contribution in [2.45, 2.75) is 110 Å². The number of cyclic esters (lactones) is 1. The number of terminal acetylenes is 1. The first-order valence-electron chi connectivity index (χ1n) is 13.3. The van der Waals surface area contributed by atoms with Gasteiger partial charge < -0.3 is 19.7 Å². The maximum atomic E-state index is 13.6. The van der Waals surface area contributed by atoms with Crippen molar-refractivity contribution in [3.05, 3.63) is 21.1 Å². The van der Waals surface area contributed by atoms with Crippen LogP contribution in [0.4, 0.5) is 0 Å². The maximum Gasteiger partial charge on any atom is 0.309 e. The number of aromatic nitrogens is 1. The van der Waals surface area contributed by atoms with E-state index in [0.29, 0.717) is 36.4 Å². The molecule has 1 aromatic heterocycles. The second kappa shape index (κ2) is 12.6. The van der Waals surface area contributed by atoms with Crippen LogP contribution in [0.3, 0.4) is 0 Å². The van der Waals surface area contributed by atoms with Crippen LogP contribution in [0.5, 0.6) is 0 Å². The van der Waals surface area contributed by atoms with E-state index in [1.54, 1.807) is 19.9 Å². The summed E-state index contributed by atoms with van der Waals surface area (Å²) in [4.78, 5) is 31.1. The molecule has 9 heteroatoms. The number of esters is 1. The molecule has 0 spiro atoms. The number of rotatable bonds is 4. The van der Waals surface area contributed by atoms with Gasteiger partial charge in [-0.05, 0) is 45.1 Å². The predicted octanol–water partition coefficient (Wildman–Crippen LogP) is 5.05. The third-order valence-corrected chi connectivity index (χ3v) is 9.20. The molecule has 2 fully saturated rings. The van der Waals surface area contributed by atoms with E-state index in [0.717, 1.165) is 17.8 Å². The van der Waals surface area contributed by atoms with Crippen LogP contribution in [0, 0.1) is 36.5 Å². The fourth-order valence-electron chi connectivity index (χ4n) is 5.20. The van der Waals surface area contributed by atoms with E-state index < -0.39 is 42.0 Å². The van der Waals surface area contributed by atoms with Gasteiger partial charge in [-0.1, -0.05) is 38.8 Å². The second-order valence-electron chi connectivity index (χ2n) is 11.5. The highest BCUT2D eigenvalue weighted by molar-refractivity contribution is 7.09. The number of thiazole rings is 1. The molecule has 7 atom stereocenters. The van der Waals surface area contributed by atoms with Gasteiger partial charge in [0.2, 0.25) is 0 Å². The molecule has 7 unspecified atom stereocenters. The normalized spacial score (nSPS) is 35.2. The number of nitrogens with zero attached hydrogens (tertiary/aromatic N) is 1. The molecule has 3 rings (SSSR count). The largest absolute Gasteiger partial charge is 0.456 e. The van der Waals surface area contributed by atoms with E-state index >= 15 is 0 Å². The van der Waals surface area contributed by atoms with Crippen LogP contribution >= 0.6 is 22.9 Å². The number of carbonyl (C=O) groups excluding carboxylic acids is 2. The highest BCUT2D eigenvalue weighted by Crippen LogP contribution is 2.45. The van der Waals surface area contributed by atoms with Crippen molar-refractivity contribution in [1.82, 2.24) is 4.98 Å². The fraction of sp³-hybridized carbons (Fsp3) is 0.690. The number of halogens is 1. The van der Waals surface area contributed by atoms with Gasteiger partial charge in [-0.3, -0.25) is 9.59 Å². The molecule has 1 aromatic rings. The first kappa shape index (κ1) is 30.8. The number of carbonyl (C=O) groups is 2. The lowest BCUT2D eigenvalue weighted by Gasteiger charge is -2.36. The number of ketones is 1. The van der Waals surface area contributed by atoms with Crippen molar-refractivity contribution in [1.29, 1.82) is 0 Å². The molecule has 0 radical (unpaired) electrons. The minimum absolute atomic E-state index is 0.153. The molecule has 2 N–H and O–H groups in total. The summed E-state index contributed by atoms with van der Waals surface area (Å²) in [6.07, 6.45) is 6.85. The number of epoxide rings is 1. The summed E-state index contributed by atoms with van der Waals surface area (Å²) in [6.45, 7) is 9.03. The van der Waals surface area contributed by atoms with Crippen molar-refractivity contribution in [3.63, 3.8) is 0 Å². The van der Waals surface area contributed by atoms with Crippen LogP contribution < -0.4 is 0 Å². The number of aryl methyl sites for hydroxylation is 1. The third-order valence-electron chi connectivity index (χ3n) is 8.06. The average Bonchev–Trinajstić information content (AvgIpc) is 3.29. The topological polar surface area (TPSA) is 109 Å². The number of fused-ring (bicyclic) bond motifs is 1. The van der Waals surface area contributed by atoms with E-state index in [1.165, 1.54) is 11.3 Å². The van der Waals surface area contributed by atoms with Crippen LogP contribution in [0.1, 0.15) is 83.3 Å². The standard InChI is InChI=1S/C29H40ClNO6S/c1-7-8-11-20-26(34)17(2)10-9-12-29(6)24(37-29)14-22(21(30)13-19-16-38-18(3)31-19)36-25(33)15-23(32)28(4,5)27(20)35/h1,13,16-17,20,22-24,26,32,34H,8-12,14-15H2,2-6H3. The Morgan fingerprint density at radius 1 is 1.34 bits per heavy atom. The Morgan fingerprint density at radius 2 is 2.05 bits per heavy atom. The molecule has 0 aromatic carbocycles. The van der Waals surface area contributed by atoms with Crippen LogP contribution in [-0.4, -0.2) is 57.0 Å². The van der Waals surface area contributed by atoms with Gasteiger partial charge in [0.1, 0.15) is 11.9 Å². The third kappa shape index (κ3) is 7.45. The molecular formula is C29H40ClNO6S. The van der Waals surface area contributed by atoms with Crippen molar-refractivity contribution in [2.24, 2.45) is 17.3 Å². The number of hydrogen-bond acceptors (Lipinski definition) is 8. The van der Waals surface area contributed by atoms with Crippen molar-refractivity contribution >= 4 is 40.8 Å². The maximum absolute atomic E-state index is 13.6. The Kier molecular flexibility index (Phi) is 10.2. The lowest BCUT2D eigenvalue weighted by molar-refractivity contribution is -0.154. The van der Waals surface area contributed by atoms with E-state index in [-0.39, 0.29) is 23.4 Å². The minimum Gasteiger partial charge on any atom is -0.456 e. The van der Waals surface area contributed by atoms with Crippen LogP contribution in [0.25, 0.3) is 6.08 Å². The lowest BCUT2D eigenvalue weighted by atomic mass is 9.71. The Morgan fingerprint density at radius 3 is 2.68 bits per heavy atom. The van der Waals surface area contributed by atoms with Crippen molar-refractivity contribution in [3.8, 4) is 12.3 Å². The lowest BCUT2D eigenvalue weighted by Crippen LogP contribution is -2.46. The Bertz CT molecular complexity index is 1080. The molecule has 0 aliphatic carbocycles. The smallest absolute Gasteiger partial charge is 0.309 e. The molecule has 7 nitrogen and oxygen atoms in total. The Hall–Kier alpha value is -1.76. The molecular weight excluding hydrogens is 526 g/mol. The summed E-state index contributed by atoms with van der Waals surface area (Å²) in [7, 11) is 0. The number of ether oxygens (including phenoxy) is 2. The summed E-state index contributed by atoms with van der Waals surface area (Å²) >= 11 is 8.14. The van der Waals surface area contributed by atoms with E-state index in [9.17, 15) is 19.8 Å². The van der Waals surface area contributed by atoms with E-state index in [2.05, 4.69) is 10.9 Å². The zero-order valence-corrected chi connectivity index (χ0v) is 24.5. The van der Waals surface area contributed by atoms with Gasteiger partial charge in [-0.15, -0.1) is 23.7 Å². The van der Waals surface area contributed by atoms with Crippen LogP contribution in [0.2, 0.25) is 0 Å². The molecule has 210 valence electrons. The Labute approximate surface area is 235 Å². The monoisotopic (exact) mass is 565 g/mol. The second-order valence-corrected chi connectivity index (χ2v) is 13.0. The van der Waals surface area contributed by atoms with E-state index in [1.807, 2.05) is 26.2 Å². The Balaban J connectivity index is 1.88. The van der Waals surface area contributed by atoms with Gasteiger partial charge in [-0.2, -0.15) is 0 Å². The zero-order chi connectivity index (χ0) is 28.3. The quantitative estimate of drug-likeness (QED) is 0.299. The van der Waals surface area contributed by atoms with Gasteiger partial charge in [0.05, 0.1) is 51.5 Å². The van der Waals surface area contributed by atoms with Crippen LogP contribution in [0.15, 0.2) is 10.4 Å². The van der Waals surface area contributed by atoms with Gasteiger partial charge in [0.25, 0.3) is 0 Å². The summed E-state index contributed by atoms with van der Waals surface area (Å²) in [6, 6.07) is 0. The fourth-order valence-corrected chi connectivity index (χ4v) is 6.02. The predicted molar refractivity (Wildman–Crippen MR) is 148 cm³/mol. The molecule has 38 heavy (non-hydrogen) atoms. The van der Waals surface area contributed by atoms with Gasteiger partial charge in [-0.25, -0.2) is 4.98 Å². The zero-order valence-electron chi connectivity index (χ0n) is 22.9. The molecule has 3 heterocycles. The molecule has 0 amide bonds. The number of hydrogen-bond donors (Lipinski definition) is 2. The molecule has 2 saturated heterocycles. The van der Waals surface area contributed by atoms with Gasteiger partial charge >= 0.3 is 5.97 Å². The first-order chi connectivity index (χ1) is 17.8. The molecule has 0 bridgehead atoms. The first-order valence-corrected chi connectivity index (χ1v) is 14.5. The summed E-state index contributed by atoms with van der Waals surface area (Å²) in [5.41, 5.74) is -1.01. The number of aliphatic hydroxyl groups is 2. The highest BCUT2D eigenvalue weighted by Gasteiger charge is 2.53. The highest BCUT2D eigenvalue weighted by atomic mass is 35.5. The van der Waals surface area contributed by atoms with Gasteiger partial charge in [0.15, 0.2) is 0 Å². The van der Waals surface area contributed by atoms with Gasteiger partial charge in [0, 0.05) is 24.1 Å². The SMILES string of the molecule is C#CCCC1C(=O)C(C)(C)C(O)CC(=O)OC(C(Cl)=Cc2csc(C)n2)CC2OC2(C)CCCC(C)C1O.